The van der Waals surface area contributed by atoms with Crippen LogP contribution in [0.15, 0.2) is 54.6 Å². The molecule has 0 fully saturated rings. The number of nitrogens with zero attached hydrogens (tertiary/aromatic N) is 1. The first-order chi connectivity index (χ1) is 10.8. The van der Waals surface area contributed by atoms with E-state index in [0.717, 1.165) is 0 Å². The van der Waals surface area contributed by atoms with Crippen molar-refractivity contribution in [3.05, 3.63) is 65.7 Å². The summed E-state index contributed by atoms with van der Waals surface area (Å²) in [5.74, 6) is 0.551. The number of hydrogen-bond acceptors (Lipinski definition) is 3. The summed E-state index contributed by atoms with van der Waals surface area (Å²) >= 11 is 0. The number of carbonyl (C=O) groups excluding carboxylic acids is 1. The normalized spacial score (nSPS) is 12.2. The topological polar surface area (TPSA) is 46.5 Å². The number of hydrogen-bond donors (Lipinski definition) is 1. The molecule has 0 aliphatic carbocycles. The summed E-state index contributed by atoms with van der Waals surface area (Å²) in [4.78, 5) is 12.4. The number of quaternary nitrogens is 1. The number of aliphatic hydroxyl groups is 1. The van der Waals surface area contributed by atoms with Crippen LogP contribution in [0.1, 0.15) is 15.9 Å². The predicted octanol–water partition coefficient (Wildman–Crippen LogP) is -0.632. The van der Waals surface area contributed by atoms with E-state index >= 15 is 0 Å². The van der Waals surface area contributed by atoms with Gasteiger partial charge in [0.15, 0.2) is 5.78 Å². The molecule has 0 aromatic heterocycles. The molecule has 24 heavy (non-hydrogen) atoms. The summed E-state index contributed by atoms with van der Waals surface area (Å²) in [6.07, 6.45) is -0.552. The lowest BCUT2D eigenvalue weighted by Crippen LogP contribution is -3.00. The van der Waals surface area contributed by atoms with Gasteiger partial charge in [0.25, 0.3) is 0 Å². The first kappa shape index (κ1) is 20.2. The molecule has 2 aromatic rings. The van der Waals surface area contributed by atoms with Gasteiger partial charge in [-0.25, -0.2) is 0 Å². The molecule has 130 valence electrons. The van der Waals surface area contributed by atoms with Crippen molar-refractivity contribution in [2.75, 3.05) is 34.3 Å². The Hall–Kier alpha value is -1.88. The number of ketones is 1. The zero-order valence-electron chi connectivity index (χ0n) is 14.3. The van der Waals surface area contributed by atoms with Crippen LogP contribution in [0.2, 0.25) is 0 Å². The van der Waals surface area contributed by atoms with Crippen molar-refractivity contribution in [2.24, 2.45) is 0 Å². The van der Waals surface area contributed by atoms with Crippen molar-refractivity contribution in [1.82, 2.24) is 0 Å². The highest BCUT2D eigenvalue weighted by Gasteiger charge is 2.16. The van der Waals surface area contributed by atoms with Crippen LogP contribution in [0.25, 0.3) is 0 Å². The monoisotopic (exact) mass is 349 g/mol. The van der Waals surface area contributed by atoms with E-state index < -0.39 is 6.10 Å². The summed E-state index contributed by atoms with van der Waals surface area (Å²) < 4.78 is 6.29. The van der Waals surface area contributed by atoms with E-state index in [1.54, 1.807) is 36.4 Å². The fraction of sp³-hybridized carbons (Fsp3) is 0.316. The molecule has 0 aliphatic heterocycles. The first-order valence-electron chi connectivity index (χ1n) is 7.66. The molecular formula is C19H24ClNO3. The minimum atomic E-state index is -0.552. The smallest absolute Gasteiger partial charge is 0.193 e. The molecule has 0 aliphatic rings. The Morgan fingerprint density at radius 3 is 2.29 bits per heavy atom. The molecular weight excluding hydrogens is 326 g/mol. The van der Waals surface area contributed by atoms with Crippen LogP contribution in [-0.2, 0) is 0 Å². The Kier molecular flexibility index (Phi) is 7.42. The van der Waals surface area contributed by atoms with Crippen LogP contribution in [0.4, 0.5) is 0 Å². The predicted molar refractivity (Wildman–Crippen MR) is 90.7 cm³/mol. The van der Waals surface area contributed by atoms with Crippen LogP contribution >= 0.6 is 0 Å². The Morgan fingerprint density at radius 1 is 1.04 bits per heavy atom. The molecule has 0 spiro atoms. The molecule has 1 atom stereocenters. The Bertz CT molecular complexity index is 653. The zero-order chi connectivity index (χ0) is 16.9. The number of likely N-dealkylation sites (N-methyl/N-ethyl adjacent to an activating group) is 1. The highest BCUT2D eigenvalue weighted by molar-refractivity contribution is 6.09. The van der Waals surface area contributed by atoms with E-state index in [-0.39, 0.29) is 24.8 Å². The zero-order valence-corrected chi connectivity index (χ0v) is 15.0. The average Bonchev–Trinajstić information content (AvgIpc) is 2.52. The van der Waals surface area contributed by atoms with Gasteiger partial charge in [-0.15, -0.1) is 0 Å². The number of benzene rings is 2. The van der Waals surface area contributed by atoms with Gasteiger partial charge in [0.05, 0.1) is 21.1 Å². The van der Waals surface area contributed by atoms with Crippen molar-refractivity contribution in [2.45, 2.75) is 6.10 Å². The highest BCUT2D eigenvalue weighted by Crippen LogP contribution is 2.17. The second-order valence-electron chi connectivity index (χ2n) is 6.66. The van der Waals surface area contributed by atoms with Gasteiger partial charge in [0.1, 0.15) is 25.0 Å². The number of ether oxygens (including phenoxy) is 1. The fourth-order valence-corrected chi connectivity index (χ4v) is 2.36. The van der Waals surface area contributed by atoms with Gasteiger partial charge in [0, 0.05) is 11.1 Å². The lowest BCUT2D eigenvalue weighted by molar-refractivity contribution is -0.873. The van der Waals surface area contributed by atoms with E-state index in [9.17, 15) is 9.90 Å². The molecule has 0 radical (unpaired) electrons. The van der Waals surface area contributed by atoms with Crippen molar-refractivity contribution in [3.63, 3.8) is 0 Å². The van der Waals surface area contributed by atoms with Crippen LogP contribution < -0.4 is 17.1 Å². The van der Waals surface area contributed by atoms with Gasteiger partial charge < -0.3 is 26.7 Å². The number of rotatable bonds is 7. The molecule has 0 heterocycles. The largest absolute Gasteiger partial charge is 1.00 e. The van der Waals surface area contributed by atoms with Gasteiger partial charge in [0.2, 0.25) is 0 Å². The van der Waals surface area contributed by atoms with Gasteiger partial charge >= 0.3 is 0 Å². The highest BCUT2D eigenvalue weighted by atomic mass is 35.5. The lowest BCUT2D eigenvalue weighted by atomic mass is 10.0. The number of halogens is 1. The van der Waals surface area contributed by atoms with E-state index in [1.165, 1.54) is 0 Å². The summed E-state index contributed by atoms with van der Waals surface area (Å²) in [5, 5.41) is 10.00. The molecule has 4 nitrogen and oxygen atoms in total. The standard InChI is InChI=1S/C19H24NO3.ClH/c1-20(2,3)13-17(21)14-23-18-11-7-10-16(12-18)19(22)15-8-5-4-6-9-15;/h4-12,17,21H,13-14H2,1-3H3;1H/q+1;/p-1. The van der Waals surface area contributed by atoms with Gasteiger partial charge in [-0.2, -0.15) is 0 Å². The van der Waals surface area contributed by atoms with Crippen molar-refractivity contribution >= 4 is 5.78 Å². The maximum absolute atomic E-state index is 12.4. The van der Waals surface area contributed by atoms with Crippen molar-refractivity contribution in [3.8, 4) is 5.75 Å². The third-order valence-corrected chi connectivity index (χ3v) is 3.33. The van der Waals surface area contributed by atoms with Gasteiger partial charge in [-0.05, 0) is 12.1 Å². The molecule has 5 heteroatoms. The Morgan fingerprint density at radius 2 is 1.67 bits per heavy atom. The SMILES string of the molecule is C[N+](C)(C)CC(O)COc1cccc(C(=O)c2ccccc2)c1.[Cl-]. The minimum absolute atomic E-state index is 0. The first-order valence-corrected chi connectivity index (χ1v) is 7.66. The molecule has 0 amide bonds. The lowest BCUT2D eigenvalue weighted by Gasteiger charge is -2.26. The summed E-state index contributed by atoms with van der Waals surface area (Å²) in [5.41, 5.74) is 1.23. The van der Waals surface area contributed by atoms with Crippen LogP contribution in [0.5, 0.6) is 5.75 Å². The molecule has 1 unspecified atom stereocenters. The van der Waals surface area contributed by atoms with Crippen LogP contribution in [0, 0.1) is 0 Å². The third kappa shape index (κ3) is 6.32. The summed E-state index contributed by atoms with van der Waals surface area (Å²) in [6, 6.07) is 16.2. The van der Waals surface area contributed by atoms with Crippen molar-refractivity contribution in [1.29, 1.82) is 0 Å². The minimum Gasteiger partial charge on any atom is -1.00 e. The maximum atomic E-state index is 12.4. The summed E-state index contributed by atoms with van der Waals surface area (Å²) in [7, 11) is 6.05. The van der Waals surface area contributed by atoms with E-state index in [2.05, 4.69) is 0 Å². The van der Waals surface area contributed by atoms with Crippen LogP contribution in [-0.4, -0.2) is 55.8 Å². The Labute approximate surface area is 149 Å². The molecule has 0 bridgehead atoms. The van der Waals surface area contributed by atoms with Crippen molar-refractivity contribution < 1.29 is 31.5 Å². The molecule has 2 aromatic carbocycles. The second-order valence-corrected chi connectivity index (χ2v) is 6.66. The summed E-state index contributed by atoms with van der Waals surface area (Å²) in [6.45, 7) is 0.807. The quantitative estimate of drug-likeness (QED) is 0.535. The Balaban J connectivity index is 0.00000288. The van der Waals surface area contributed by atoms with E-state index in [4.69, 9.17) is 4.74 Å². The van der Waals surface area contributed by atoms with Crippen LogP contribution in [0.3, 0.4) is 0 Å². The third-order valence-electron chi connectivity index (χ3n) is 3.33. The molecule has 0 saturated heterocycles. The van der Waals surface area contributed by atoms with Gasteiger partial charge in [-0.3, -0.25) is 4.79 Å². The molecule has 1 N–H and O–H groups in total. The molecule has 2 rings (SSSR count). The fourth-order valence-electron chi connectivity index (χ4n) is 2.36. The maximum Gasteiger partial charge on any atom is 0.193 e. The number of aliphatic hydroxyl groups excluding tert-OH is 1. The van der Waals surface area contributed by atoms with E-state index in [1.807, 2.05) is 39.3 Å². The number of carbonyl (C=O) groups is 1. The van der Waals surface area contributed by atoms with Gasteiger partial charge in [-0.1, -0.05) is 42.5 Å². The second kappa shape index (κ2) is 8.83. The molecule has 0 saturated carbocycles. The average molecular weight is 350 g/mol. The van der Waals surface area contributed by atoms with E-state index in [0.29, 0.717) is 27.9 Å².